The normalized spacial score (nSPS) is 19.3. The van der Waals surface area contributed by atoms with Crippen LogP contribution in [0.25, 0.3) is 0 Å². The molecule has 0 heterocycles. The van der Waals surface area contributed by atoms with Gasteiger partial charge in [0.05, 0.1) is 0 Å². The number of carboxylic acid groups (broad SMARTS) is 1. The molecule has 1 fully saturated rings. The predicted molar refractivity (Wildman–Crippen MR) is 26.5 cm³/mol. The van der Waals surface area contributed by atoms with Gasteiger partial charge in [0, 0.05) is 17.9 Å². The molecule has 1 rings (SSSR count). The summed E-state index contributed by atoms with van der Waals surface area (Å²) in [5.41, 5.74) is 1.08. The van der Waals surface area contributed by atoms with Gasteiger partial charge in [-0.1, -0.05) is 0 Å². The van der Waals surface area contributed by atoms with Crippen LogP contribution in [0.15, 0.2) is 0 Å². The first-order chi connectivity index (χ1) is 4.21. The number of carboxylic acids is 1. The standard InChI is InChI=1S/C5H9NO3.Na/c7-4(8)5(1-2-5)3-6-9;/h6,9H,1-3H2,(H,7,8);/q;+1/p-1. The Morgan fingerprint density at radius 1 is 1.70 bits per heavy atom. The van der Waals surface area contributed by atoms with E-state index in [2.05, 4.69) is 0 Å². The summed E-state index contributed by atoms with van der Waals surface area (Å²) in [6.07, 6.45) is 1.23. The number of rotatable bonds is 3. The number of carbonyl (C=O) groups is 1. The van der Waals surface area contributed by atoms with Crippen molar-refractivity contribution in [3.63, 3.8) is 0 Å². The van der Waals surface area contributed by atoms with E-state index in [4.69, 9.17) is 5.21 Å². The second-order valence-corrected chi connectivity index (χ2v) is 2.40. The van der Waals surface area contributed by atoms with Crippen LogP contribution < -0.4 is 40.1 Å². The van der Waals surface area contributed by atoms with Gasteiger partial charge < -0.3 is 15.1 Å². The smallest absolute Gasteiger partial charge is 0.550 e. The summed E-state index contributed by atoms with van der Waals surface area (Å²) in [6.45, 7) is 0.106. The maximum absolute atomic E-state index is 10.2. The zero-order valence-corrected chi connectivity index (χ0v) is 7.89. The molecule has 1 saturated carbocycles. The van der Waals surface area contributed by atoms with E-state index in [1.54, 1.807) is 0 Å². The van der Waals surface area contributed by atoms with Crippen LogP contribution in [0.2, 0.25) is 0 Å². The molecule has 0 bridgehead atoms. The zero-order chi connectivity index (χ0) is 6.91. The van der Waals surface area contributed by atoms with Crippen molar-refractivity contribution in [2.75, 3.05) is 6.54 Å². The van der Waals surface area contributed by atoms with Crippen LogP contribution in [0, 0.1) is 5.41 Å². The monoisotopic (exact) mass is 153 g/mol. The van der Waals surface area contributed by atoms with Crippen molar-refractivity contribution < 1.29 is 44.7 Å². The molecule has 0 unspecified atom stereocenters. The number of hydrogen-bond donors (Lipinski definition) is 2. The van der Waals surface area contributed by atoms with Crippen LogP contribution in [0.5, 0.6) is 0 Å². The molecule has 0 radical (unpaired) electrons. The molecule has 52 valence electrons. The minimum absolute atomic E-state index is 0. The van der Waals surface area contributed by atoms with Crippen LogP contribution in [-0.4, -0.2) is 17.7 Å². The molecule has 4 nitrogen and oxygen atoms in total. The molecular formula is C5H8NNaO3. The van der Waals surface area contributed by atoms with Crippen molar-refractivity contribution in [2.24, 2.45) is 5.41 Å². The summed E-state index contributed by atoms with van der Waals surface area (Å²) in [4.78, 5) is 10.2. The molecule has 0 saturated heterocycles. The van der Waals surface area contributed by atoms with Crippen molar-refractivity contribution in [3.05, 3.63) is 0 Å². The summed E-state index contributed by atoms with van der Waals surface area (Å²) in [7, 11) is 0. The predicted octanol–water partition coefficient (Wildman–Crippen LogP) is -4.50. The van der Waals surface area contributed by atoms with Gasteiger partial charge in [0.15, 0.2) is 0 Å². The largest absolute Gasteiger partial charge is 1.00 e. The van der Waals surface area contributed by atoms with E-state index >= 15 is 0 Å². The van der Waals surface area contributed by atoms with Gasteiger partial charge in [-0.2, -0.15) is 0 Å². The fraction of sp³-hybridized carbons (Fsp3) is 0.800. The van der Waals surface area contributed by atoms with Gasteiger partial charge in [-0.3, -0.25) is 0 Å². The Hall–Kier alpha value is 0.390. The maximum Gasteiger partial charge on any atom is 1.00 e. The average Bonchev–Trinajstić information content (AvgIpc) is 2.49. The topological polar surface area (TPSA) is 72.4 Å². The third-order valence-electron chi connectivity index (χ3n) is 1.70. The van der Waals surface area contributed by atoms with Crippen LogP contribution in [0.4, 0.5) is 0 Å². The minimum atomic E-state index is -1.07. The van der Waals surface area contributed by atoms with Crippen molar-refractivity contribution in [2.45, 2.75) is 12.8 Å². The number of hydroxylamine groups is 1. The fourth-order valence-corrected chi connectivity index (χ4v) is 0.755. The van der Waals surface area contributed by atoms with Gasteiger partial charge in [-0.25, -0.2) is 5.48 Å². The van der Waals surface area contributed by atoms with Crippen molar-refractivity contribution >= 4 is 5.97 Å². The Balaban J connectivity index is 0.000000810. The van der Waals surface area contributed by atoms with Crippen molar-refractivity contribution in [3.8, 4) is 0 Å². The van der Waals surface area contributed by atoms with E-state index in [-0.39, 0.29) is 36.1 Å². The summed E-state index contributed by atoms with van der Waals surface area (Å²) in [5.74, 6) is -1.07. The fourth-order valence-electron chi connectivity index (χ4n) is 0.755. The Kier molecular flexibility index (Phi) is 3.83. The van der Waals surface area contributed by atoms with Gasteiger partial charge in [0.25, 0.3) is 0 Å². The number of aliphatic carboxylic acids is 1. The third kappa shape index (κ3) is 1.93. The van der Waals surface area contributed by atoms with E-state index in [1.165, 1.54) is 0 Å². The van der Waals surface area contributed by atoms with Crippen molar-refractivity contribution in [1.29, 1.82) is 0 Å². The van der Waals surface area contributed by atoms with Gasteiger partial charge >= 0.3 is 29.6 Å². The van der Waals surface area contributed by atoms with Gasteiger partial charge in [0.1, 0.15) is 0 Å². The summed E-state index contributed by atoms with van der Waals surface area (Å²) >= 11 is 0. The number of hydrogen-bond acceptors (Lipinski definition) is 4. The Labute approximate surface area is 80.9 Å². The van der Waals surface area contributed by atoms with E-state index in [9.17, 15) is 9.90 Å². The number of nitrogens with one attached hydrogen (secondary N) is 1. The van der Waals surface area contributed by atoms with E-state index in [0.29, 0.717) is 12.8 Å². The first-order valence-electron chi connectivity index (χ1n) is 2.80. The molecule has 10 heavy (non-hydrogen) atoms. The second-order valence-electron chi connectivity index (χ2n) is 2.40. The SMILES string of the molecule is O=C([O-])C1(CNO)CC1.[Na+]. The summed E-state index contributed by atoms with van der Waals surface area (Å²) < 4.78 is 0. The van der Waals surface area contributed by atoms with Crippen LogP contribution in [0.1, 0.15) is 12.8 Å². The number of carbonyl (C=O) groups excluding carboxylic acids is 1. The minimum Gasteiger partial charge on any atom is -0.550 e. The average molecular weight is 153 g/mol. The molecular weight excluding hydrogens is 145 g/mol. The Morgan fingerprint density at radius 3 is 2.30 bits per heavy atom. The van der Waals surface area contributed by atoms with Gasteiger partial charge in [-0.05, 0) is 12.8 Å². The molecule has 0 aromatic heterocycles. The molecule has 1 aliphatic rings. The molecule has 0 aromatic carbocycles. The van der Waals surface area contributed by atoms with E-state index < -0.39 is 11.4 Å². The molecule has 0 atom stereocenters. The molecule has 0 aliphatic heterocycles. The molecule has 0 aromatic rings. The quantitative estimate of drug-likeness (QED) is 0.316. The summed E-state index contributed by atoms with van der Waals surface area (Å²) in [5, 5.41) is 18.4. The zero-order valence-electron chi connectivity index (χ0n) is 5.89. The Bertz CT molecular complexity index is 135. The molecule has 1 aliphatic carbocycles. The molecule has 0 spiro atoms. The second kappa shape index (κ2) is 3.69. The van der Waals surface area contributed by atoms with E-state index in [0.717, 1.165) is 0 Å². The molecule has 2 N–H and O–H groups in total. The van der Waals surface area contributed by atoms with Gasteiger partial charge in [-0.15, -0.1) is 0 Å². The maximum atomic E-state index is 10.2. The third-order valence-corrected chi connectivity index (χ3v) is 1.70. The first kappa shape index (κ1) is 10.4. The van der Waals surface area contributed by atoms with Gasteiger partial charge in [0.2, 0.25) is 0 Å². The van der Waals surface area contributed by atoms with Crippen LogP contribution in [0.3, 0.4) is 0 Å². The summed E-state index contributed by atoms with van der Waals surface area (Å²) in [6, 6.07) is 0. The van der Waals surface area contributed by atoms with E-state index in [1.807, 2.05) is 5.48 Å². The molecule has 0 amide bonds. The Morgan fingerprint density at radius 2 is 2.20 bits per heavy atom. The molecule has 5 heteroatoms. The van der Waals surface area contributed by atoms with Crippen LogP contribution >= 0.6 is 0 Å². The van der Waals surface area contributed by atoms with Crippen LogP contribution in [-0.2, 0) is 4.79 Å². The first-order valence-corrected chi connectivity index (χ1v) is 2.80. The van der Waals surface area contributed by atoms with Crippen molar-refractivity contribution in [1.82, 2.24) is 5.48 Å².